The molecular weight excluding hydrogens is 282 g/mol. The lowest BCUT2D eigenvalue weighted by Gasteiger charge is -2.06. The minimum absolute atomic E-state index is 0.581. The molecule has 0 saturated heterocycles. The minimum Gasteiger partial charge on any atom is -0.489 e. The molecule has 0 aliphatic heterocycles. The Hall–Kier alpha value is -2.87. The summed E-state index contributed by atoms with van der Waals surface area (Å²) in [6.07, 6.45) is 1.86. The Balaban J connectivity index is 1.58. The molecule has 0 atom stereocenters. The molecular formula is C21H19NO. The van der Waals surface area contributed by atoms with Crippen molar-refractivity contribution in [1.29, 1.82) is 0 Å². The first-order valence-electron chi connectivity index (χ1n) is 7.67. The first-order chi connectivity index (χ1) is 11.3. The zero-order chi connectivity index (χ0) is 15.9. The van der Waals surface area contributed by atoms with Crippen LogP contribution < -0.4 is 4.74 Å². The molecule has 0 amide bonds. The van der Waals surface area contributed by atoms with Crippen molar-refractivity contribution >= 4 is 11.9 Å². The number of para-hydroxylation sites is 1. The Morgan fingerprint density at radius 3 is 2.22 bits per heavy atom. The molecule has 0 aromatic heterocycles. The summed E-state index contributed by atoms with van der Waals surface area (Å²) in [7, 11) is 0. The van der Waals surface area contributed by atoms with E-state index in [1.807, 2.05) is 60.8 Å². The largest absolute Gasteiger partial charge is 0.489 e. The lowest BCUT2D eigenvalue weighted by atomic mass is 10.2. The number of hydrogen-bond donors (Lipinski definition) is 0. The van der Waals surface area contributed by atoms with Gasteiger partial charge in [-0.05, 0) is 54.4 Å². The summed E-state index contributed by atoms with van der Waals surface area (Å²) >= 11 is 0. The SMILES string of the molecule is Cc1ccc(COc2ccc(C=Nc3ccccc3)cc2)cc1. The lowest BCUT2D eigenvalue weighted by Crippen LogP contribution is -1.95. The van der Waals surface area contributed by atoms with Crippen molar-refractivity contribution in [2.45, 2.75) is 13.5 Å². The number of hydrogen-bond acceptors (Lipinski definition) is 2. The number of nitrogens with zero attached hydrogens (tertiary/aromatic N) is 1. The van der Waals surface area contributed by atoms with E-state index in [9.17, 15) is 0 Å². The lowest BCUT2D eigenvalue weighted by molar-refractivity contribution is 0.306. The van der Waals surface area contributed by atoms with Crippen LogP contribution in [0.2, 0.25) is 0 Å². The molecule has 0 saturated carbocycles. The van der Waals surface area contributed by atoms with Crippen molar-refractivity contribution < 1.29 is 4.74 Å². The van der Waals surface area contributed by atoms with E-state index in [0.717, 1.165) is 17.0 Å². The van der Waals surface area contributed by atoms with Crippen LogP contribution in [0.4, 0.5) is 5.69 Å². The number of ether oxygens (including phenoxy) is 1. The Kier molecular flexibility index (Phi) is 4.85. The molecule has 2 heteroatoms. The molecule has 3 rings (SSSR count). The standard InChI is InChI=1S/C21H19NO/c1-17-7-9-19(10-8-17)16-23-21-13-11-18(12-14-21)15-22-20-5-3-2-4-6-20/h2-15H,16H2,1H3. The molecule has 0 bridgehead atoms. The van der Waals surface area contributed by atoms with Gasteiger partial charge in [0.2, 0.25) is 0 Å². The Morgan fingerprint density at radius 1 is 0.826 bits per heavy atom. The van der Waals surface area contributed by atoms with Crippen LogP contribution in [0.3, 0.4) is 0 Å². The Morgan fingerprint density at radius 2 is 1.52 bits per heavy atom. The third-order valence-electron chi connectivity index (χ3n) is 3.53. The van der Waals surface area contributed by atoms with Gasteiger partial charge >= 0.3 is 0 Å². The smallest absolute Gasteiger partial charge is 0.119 e. The fraction of sp³-hybridized carbons (Fsp3) is 0.0952. The second kappa shape index (κ2) is 7.41. The van der Waals surface area contributed by atoms with Gasteiger partial charge in [0.1, 0.15) is 12.4 Å². The highest BCUT2D eigenvalue weighted by Crippen LogP contribution is 2.15. The number of benzene rings is 3. The van der Waals surface area contributed by atoms with E-state index in [1.165, 1.54) is 11.1 Å². The van der Waals surface area contributed by atoms with E-state index >= 15 is 0 Å². The third kappa shape index (κ3) is 4.55. The zero-order valence-corrected chi connectivity index (χ0v) is 13.1. The second-order valence-electron chi connectivity index (χ2n) is 5.44. The van der Waals surface area contributed by atoms with Crippen LogP contribution in [0, 0.1) is 6.92 Å². The Labute approximate surface area is 137 Å². The van der Waals surface area contributed by atoms with Crippen LogP contribution in [0.25, 0.3) is 0 Å². The monoisotopic (exact) mass is 301 g/mol. The van der Waals surface area contributed by atoms with E-state index < -0.39 is 0 Å². The first-order valence-corrected chi connectivity index (χ1v) is 7.67. The van der Waals surface area contributed by atoms with Gasteiger partial charge in [-0.15, -0.1) is 0 Å². The summed E-state index contributed by atoms with van der Waals surface area (Å²) in [4.78, 5) is 4.44. The summed E-state index contributed by atoms with van der Waals surface area (Å²) in [6.45, 7) is 2.66. The van der Waals surface area contributed by atoms with Gasteiger partial charge in [0, 0.05) is 6.21 Å². The van der Waals surface area contributed by atoms with Crippen molar-refractivity contribution in [3.05, 3.63) is 95.6 Å². The molecule has 0 aliphatic carbocycles. The molecule has 2 nitrogen and oxygen atoms in total. The first kappa shape index (κ1) is 15.0. The molecule has 3 aromatic rings. The van der Waals surface area contributed by atoms with Crippen LogP contribution in [-0.2, 0) is 6.61 Å². The average molecular weight is 301 g/mol. The van der Waals surface area contributed by atoms with E-state index in [2.05, 4.69) is 36.2 Å². The van der Waals surface area contributed by atoms with Crippen molar-refractivity contribution in [1.82, 2.24) is 0 Å². The number of aryl methyl sites for hydroxylation is 1. The van der Waals surface area contributed by atoms with Gasteiger partial charge in [-0.1, -0.05) is 48.0 Å². The summed E-state index contributed by atoms with van der Waals surface area (Å²) in [5.74, 6) is 0.863. The predicted octanol–water partition coefficient (Wildman–Crippen LogP) is 5.32. The maximum absolute atomic E-state index is 5.81. The van der Waals surface area contributed by atoms with E-state index in [0.29, 0.717) is 6.61 Å². The van der Waals surface area contributed by atoms with E-state index in [-0.39, 0.29) is 0 Å². The summed E-state index contributed by atoms with van der Waals surface area (Å²) in [6, 6.07) is 26.3. The Bertz CT molecular complexity index is 759. The molecule has 114 valence electrons. The molecule has 0 radical (unpaired) electrons. The highest BCUT2D eigenvalue weighted by molar-refractivity contribution is 5.82. The van der Waals surface area contributed by atoms with Crippen molar-refractivity contribution in [3.8, 4) is 5.75 Å². The zero-order valence-electron chi connectivity index (χ0n) is 13.1. The summed E-state index contributed by atoms with van der Waals surface area (Å²) in [5, 5.41) is 0. The molecule has 0 fully saturated rings. The average Bonchev–Trinajstić information content (AvgIpc) is 2.61. The van der Waals surface area contributed by atoms with Gasteiger partial charge < -0.3 is 4.74 Å². The van der Waals surface area contributed by atoms with Gasteiger partial charge in [0.25, 0.3) is 0 Å². The van der Waals surface area contributed by atoms with E-state index in [4.69, 9.17) is 4.74 Å². The van der Waals surface area contributed by atoms with Crippen LogP contribution in [0.5, 0.6) is 5.75 Å². The maximum Gasteiger partial charge on any atom is 0.119 e. The van der Waals surface area contributed by atoms with Crippen molar-refractivity contribution in [3.63, 3.8) is 0 Å². The number of rotatable bonds is 5. The topological polar surface area (TPSA) is 21.6 Å². The molecule has 0 unspecified atom stereocenters. The molecule has 0 spiro atoms. The van der Waals surface area contributed by atoms with Gasteiger partial charge in [0.15, 0.2) is 0 Å². The fourth-order valence-corrected chi connectivity index (χ4v) is 2.16. The molecule has 0 N–H and O–H groups in total. The van der Waals surface area contributed by atoms with Crippen molar-refractivity contribution in [2.75, 3.05) is 0 Å². The van der Waals surface area contributed by atoms with Crippen LogP contribution in [0.15, 0.2) is 83.9 Å². The molecule has 23 heavy (non-hydrogen) atoms. The highest BCUT2D eigenvalue weighted by atomic mass is 16.5. The van der Waals surface area contributed by atoms with Gasteiger partial charge in [0.05, 0.1) is 5.69 Å². The molecule has 0 aliphatic rings. The normalized spacial score (nSPS) is 10.8. The van der Waals surface area contributed by atoms with Crippen LogP contribution >= 0.6 is 0 Å². The quantitative estimate of drug-likeness (QED) is 0.584. The number of aliphatic imine (C=N–C) groups is 1. The van der Waals surface area contributed by atoms with Gasteiger partial charge in [-0.25, -0.2) is 0 Å². The minimum atomic E-state index is 0.581. The highest BCUT2D eigenvalue weighted by Gasteiger charge is 1.96. The molecule has 3 aromatic carbocycles. The van der Waals surface area contributed by atoms with Gasteiger partial charge in [-0.3, -0.25) is 4.99 Å². The predicted molar refractivity (Wildman–Crippen MR) is 95.6 cm³/mol. The maximum atomic E-state index is 5.81. The summed E-state index contributed by atoms with van der Waals surface area (Å²) in [5.41, 5.74) is 4.44. The van der Waals surface area contributed by atoms with Crippen molar-refractivity contribution in [2.24, 2.45) is 4.99 Å². The third-order valence-corrected chi connectivity index (χ3v) is 3.53. The fourth-order valence-electron chi connectivity index (χ4n) is 2.16. The second-order valence-corrected chi connectivity index (χ2v) is 5.44. The molecule has 0 heterocycles. The van der Waals surface area contributed by atoms with Gasteiger partial charge in [-0.2, -0.15) is 0 Å². The summed E-state index contributed by atoms with van der Waals surface area (Å²) < 4.78 is 5.81. The van der Waals surface area contributed by atoms with Crippen LogP contribution in [0.1, 0.15) is 16.7 Å². The van der Waals surface area contributed by atoms with Crippen LogP contribution in [-0.4, -0.2) is 6.21 Å². The van der Waals surface area contributed by atoms with E-state index in [1.54, 1.807) is 0 Å².